The van der Waals surface area contributed by atoms with E-state index < -0.39 is 0 Å². The molecule has 2 heterocycles. The van der Waals surface area contributed by atoms with Crippen LogP contribution in [0, 0.1) is 26.7 Å². The van der Waals surface area contributed by atoms with Gasteiger partial charge in [0.1, 0.15) is 5.82 Å². The second-order valence-electron chi connectivity index (χ2n) is 7.00. The van der Waals surface area contributed by atoms with E-state index in [0.717, 1.165) is 27.7 Å². The Morgan fingerprint density at radius 2 is 1.92 bits per heavy atom. The first-order valence-electron chi connectivity index (χ1n) is 8.59. The number of anilines is 1. The molecule has 3 rings (SSSR count). The number of para-hydroxylation sites is 1. The molecule has 25 heavy (non-hydrogen) atoms. The van der Waals surface area contributed by atoms with Gasteiger partial charge in [-0.1, -0.05) is 32.0 Å². The number of benzene rings is 1. The Kier molecular flexibility index (Phi) is 4.57. The third-order valence-corrected chi connectivity index (χ3v) is 4.14. The van der Waals surface area contributed by atoms with Crippen molar-refractivity contribution in [3.8, 4) is 5.82 Å². The number of nitrogens with one attached hydrogen (secondary N) is 1. The average Bonchev–Trinajstić information content (AvgIpc) is 2.87. The van der Waals surface area contributed by atoms with Crippen molar-refractivity contribution in [3.05, 3.63) is 47.2 Å². The highest BCUT2D eigenvalue weighted by Gasteiger charge is 2.14. The van der Waals surface area contributed by atoms with Crippen molar-refractivity contribution in [1.29, 1.82) is 0 Å². The standard InChI is InChI=1S/C20H24N4O/c1-12(2)9-19(25)21-18-11-15(5)23-24(18)17-10-14(4)16-8-6-7-13(3)20(16)22-17/h6-8,10-12H,9H2,1-5H3,(H,21,25). The summed E-state index contributed by atoms with van der Waals surface area (Å²) in [5, 5.41) is 8.63. The number of nitrogens with zero attached hydrogens (tertiary/aromatic N) is 3. The molecule has 2 aromatic heterocycles. The quantitative estimate of drug-likeness (QED) is 0.771. The third-order valence-electron chi connectivity index (χ3n) is 4.14. The second kappa shape index (κ2) is 6.67. The first-order chi connectivity index (χ1) is 11.8. The van der Waals surface area contributed by atoms with E-state index in [4.69, 9.17) is 4.98 Å². The van der Waals surface area contributed by atoms with Gasteiger partial charge in [0.15, 0.2) is 5.82 Å². The Hall–Kier alpha value is -2.69. The van der Waals surface area contributed by atoms with E-state index >= 15 is 0 Å². The van der Waals surface area contributed by atoms with E-state index in [0.29, 0.717) is 24.0 Å². The Morgan fingerprint density at radius 3 is 2.64 bits per heavy atom. The summed E-state index contributed by atoms with van der Waals surface area (Å²) in [4.78, 5) is 17.0. The minimum Gasteiger partial charge on any atom is -0.311 e. The zero-order valence-electron chi connectivity index (χ0n) is 15.4. The van der Waals surface area contributed by atoms with Gasteiger partial charge in [0.2, 0.25) is 5.91 Å². The van der Waals surface area contributed by atoms with Crippen LogP contribution in [0.3, 0.4) is 0 Å². The maximum absolute atomic E-state index is 12.2. The molecule has 0 aliphatic carbocycles. The molecular weight excluding hydrogens is 312 g/mol. The topological polar surface area (TPSA) is 59.8 Å². The molecule has 0 saturated carbocycles. The van der Waals surface area contributed by atoms with E-state index in [1.165, 1.54) is 0 Å². The van der Waals surface area contributed by atoms with Crippen molar-refractivity contribution in [3.63, 3.8) is 0 Å². The maximum Gasteiger partial charge on any atom is 0.225 e. The maximum atomic E-state index is 12.2. The van der Waals surface area contributed by atoms with Gasteiger partial charge in [0, 0.05) is 17.9 Å². The summed E-state index contributed by atoms with van der Waals surface area (Å²) >= 11 is 0. The number of aromatic nitrogens is 3. The number of hydrogen-bond donors (Lipinski definition) is 1. The number of carbonyl (C=O) groups excluding carboxylic acids is 1. The molecule has 0 unspecified atom stereocenters. The molecule has 1 amide bonds. The average molecular weight is 336 g/mol. The lowest BCUT2D eigenvalue weighted by Gasteiger charge is -2.12. The summed E-state index contributed by atoms with van der Waals surface area (Å²) in [6.07, 6.45) is 0.480. The number of carbonyl (C=O) groups is 1. The Bertz CT molecular complexity index is 940. The van der Waals surface area contributed by atoms with Gasteiger partial charge in [-0.15, -0.1) is 0 Å². The molecule has 0 aliphatic heterocycles. The van der Waals surface area contributed by atoms with E-state index in [2.05, 4.69) is 36.4 Å². The van der Waals surface area contributed by atoms with Gasteiger partial charge in [0.05, 0.1) is 11.2 Å². The van der Waals surface area contributed by atoms with Crippen LogP contribution >= 0.6 is 0 Å². The monoisotopic (exact) mass is 336 g/mol. The normalized spacial score (nSPS) is 11.3. The van der Waals surface area contributed by atoms with Crippen LogP contribution < -0.4 is 5.32 Å². The molecular formula is C20H24N4O. The summed E-state index contributed by atoms with van der Waals surface area (Å²) in [5.41, 5.74) is 4.06. The van der Waals surface area contributed by atoms with Crippen LogP contribution in [0.4, 0.5) is 5.82 Å². The van der Waals surface area contributed by atoms with Gasteiger partial charge >= 0.3 is 0 Å². The first-order valence-corrected chi connectivity index (χ1v) is 8.59. The van der Waals surface area contributed by atoms with E-state index in [1.807, 2.05) is 39.0 Å². The van der Waals surface area contributed by atoms with Gasteiger partial charge in [-0.2, -0.15) is 9.78 Å². The summed E-state index contributed by atoms with van der Waals surface area (Å²) in [6.45, 7) is 10.1. The van der Waals surface area contributed by atoms with Crippen molar-refractivity contribution in [1.82, 2.24) is 14.8 Å². The Balaban J connectivity index is 2.06. The minimum absolute atomic E-state index is 0.00941. The summed E-state index contributed by atoms with van der Waals surface area (Å²) in [5.74, 6) is 1.67. The summed E-state index contributed by atoms with van der Waals surface area (Å²) < 4.78 is 1.71. The number of aryl methyl sites for hydroxylation is 3. The number of amides is 1. The smallest absolute Gasteiger partial charge is 0.225 e. The van der Waals surface area contributed by atoms with Crippen molar-refractivity contribution < 1.29 is 4.79 Å². The molecule has 0 radical (unpaired) electrons. The molecule has 0 fully saturated rings. The van der Waals surface area contributed by atoms with Crippen molar-refractivity contribution in [2.75, 3.05) is 5.32 Å². The molecule has 3 aromatic rings. The highest BCUT2D eigenvalue weighted by Crippen LogP contribution is 2.24. The molecule has 0 saturated heterocycles. The lowest BCUT2D eigenvalue weighted by molar-refractivity contribution is -0.116. The molecule has 5 heteroatoms. The number of rotatable bonds is 4. The van der Waals surface area contributed by atoms with Crippen LogP contribution in [-0.2, 0) is 4.79 Å². The van der Waals surface area contributed by atoms with Crippen LogP contribution in [0.2, 0.25) is 0 Å². The fourth-order valence-corrected chi connectivity index (χ4v) is 2.98. The van der Waals surface area contributed by atoms with Gasteiger partial charge in [-0.05, 0) is 43.9 Å². The number of pyridine rings is 1. The van der Waals surface area contributed by atoms with E-state index in [9.17, 15) is 4.79 Å². The highest BCUT2D eigenvalue weighted by molar-refractivity contribution is 5.90. The lowest BCUT2D eigenvalue weighted by atomic mass is 10.1. The van der Waals surface area contributed by atoms with Crippen LogP contribution in [0.25, 0.3) is 16.7 Å². The van der Waals surface area contributed by atoms with Gasteiger partial charge in [-0.25, -0.2) is 4.98 Å². The van der Waals surface area contributed by atoms with Crippen LogP contribution in [0.5, 0.6) is 0 Å². The van der Waals surface area contributed by atoms with Crippen LogP contribution in [-0.4, -0.2) is 20.7 Å². The number of hydrogen-bond acceptors (Lipinski definition) is 3. The van der Waals surface area contributed by atoms with Gasteiger partial charge in [-0.3, -0.25) is 4.79 Å². The Morgan fingerprint density at radius 1 is 1.16 bits per heavy atom. The summed E-state index contributed by atoms with van der Waals surface area (Å²) in [6, 6.07) is 10.1. The molecule has 0 aliphatic rings. The third kappa shape index (κ3) is 3.55. The summed E-state index contributed by atoms with van der Waals surface area (Å²) in [7, 11) is 0. The predicted molar refractivity (Wildman–Crippen MR) is 101 cm³/mol. The number of fused-ring (bicyclic) bond motifs is 1. The van der Waals surface area contributed by atoms with Crippen molar-refractivity contribution in [2.24, 2.45) is 5.92 Å². The van der Waals surface area contributed by atoms with Crippen LogP contribution in [0.1, 0.15) is 37.1 Å². The van der Waals surface area contributed by atoms with Crippen LogP contribution in [0.15, 0.2) is 30.3 Å². The second-order valence-corrected chi connectivity index (χ2v) is 7.00. The van der Waals surface area contributed by atoms with Crippen molar-refractivity contribution in [2.45, 2.75) is 41.0 Å². The zero-order valence-corrected chi connectivity index (χ0v) is 15.4. The SMILES string of the molecule is Cc1cc(NC(=O)CC(C)C)n(-c2cc(C)c3cccc(C)c3n2)n1. The lowest BCUT2D eigenvalue weighted by Crippen LogP contribution is -2.17. The molecule has 5 nitrogen and oxygen atoms in total. The first kappa shape index (κ1) is 17.1. The van der Waals surface area contributed by atoms with Crippen molar-refractivity contribution >= 4 is 22.6 Å². The fraction of sp³-hybridized carbons (Fsp3) is 0.350. The molecule has 1 N–H and O–H groups in total. The fourth-order valence-electron chi connectivity index (χ4n) is 2.98. The molecule has 1 aromatic carbocycles. The zero-order chi connectivity index (χ0) is 18.1. The molecule has 0 spiro atoms. The predicted octanol–water partition coefficient (Wildman–Crippen LogP) is 4.33. The Labute approximate surface area is 148 Å². The largest absolute Gasteiger partial charge is 0.311 e. The van der Waals surface area contributed by atoms with Gasteiger partial charge in [0.25, 0.3) is 0 Å². The molecule has 130 valence electrons. The highest BCUT2D eigenvalue weighted by atomic mass is 16.1. The molecule has 0 atom stereocenters. The minimum atomic E-state index is -0.00941. The van der Waals surface area contributed by atoms with E-state index in [1.54, 1.807) is 4.68 Å². The van der Waals surface area contributed by atoms with Gasteiger partial charge < -0.3 is 5.32 Å². The van der Waals surface area contributed by atoms with E-state index in [-0.39, 0.29) is 5.91 Å². The molecule has 0 bridgehead atoms.